The quantitative estimate of drug-likeness (QED) is 0.143. The number of carbonyl (C=O) groups excluding carboxylic acids is 3. The lowest BCUT2D eigenvalue weighted by Crippen LogP contribution is -2.59. The lowest BCUT2D eigenvalue weighted by molar-refractivity contribution is -0.146. The van der Waals surface area contributed by atoms with Crippen LogP contribution in [0.15, 0.2) is 36.2 Å². The lowest BCUT2D eigenvalue weighted by Gasteiger charge is -2.36. The number of hydrogen-bond donors (Lipinski definition) is 4. The lowest BCUT2D eigenvalue weighted by atomic mass is 9.85. The van der Waals surface area contributed by atoms with Gasteiger partial charge in [0.25, 0.3) is 0 Å². The van der Waals surface area contributed by atoms with Gasteiger partial charge in [0.1, 0.15) is 52.0 Å². The largest absolute Gasteiger partial charge is 0.495 e. The zero-order chi connectivity index (χ0) is 41.7. The van der Waals surface area contributed by atoms with Gasteiger partial charge in [-0.15, -0.1) is 17.9 Å². The number of carboxylic acids is 1. The highest BCUT2D eigenvalue weighted by Gasteiger charge is 2.61. The number of carbonyl (C=O) groups is 4. The van der Waals surface area contributed by atoms with Crippen molar-refractivity contribution in [2.75, 3.05) is 19.0 Å². The first-order valence-electron chi connectivity index (χ1n) is 19.7. The molecule has 2 bridgehead atoms. The Kier molecular flexibility index (Phi) is 11.6. The Labute approximate surface area is 346 Å². The molecule has 4 N–H and O–H groups in total. The second-order valence-corrected chi connectivity index (χ2v) is 18.3. The first kappa shape index (κ1) is 41.5. The van der Waals surface area contributed by atoms with E-state index in [1.165, 1.54) is 29.4 Å². The molecule has 312 valence electrons. The zero-order valence-electron chi connectivity index (χ0n) is 33.5. The Morgan fingerprint density at radius 2 is 1.81 bits per heavy atom. The SMILES string of the molecule is C=C[C@@H]1C[C@]1(NC(=O)[C@@H]1C[C@@H](Oc2cc(-c3csc(NC(C)C)n3)nc3c(Cl)c(OC)ccc23)CN1C(=O)[C@@H](NC(=O)O[C@@H]1C[C@H]2CC[C@@H](C1)O2)C(C)(C)C)C(=O)O. The molecular formula is C41H51ClN6O9S. The number of rotatable bonds is 13. The van der Waals surface area contributed by atoms with E-state index in [1.807, 2.05) is 40.0 Å². The van der Waals surface area contributed by atoms with E-state index in [1.54, 1.807) is 18.2 Å². The number of benzene rings is 1. The highest BCUT2D eigenvalue weighted by atomic mass is 35.5. The summed E-state index contributed by atoms with van der Waals surface area (Å²) < 4.78 is 23.9. The molecule has 2 aromatic heterocycles. The molecular weight excluding hydrogens is 788 g/mol. The fourth-order valence-corrected chi connectivity index (χ4v) is 9.33. The number of ether oxygens (including phenoxy) is 4. The van der Waals surface area contributed by atoms with E-state index in [0.717, 1.165) is 12.8 Å². The number of methoxy groups -OCH3 is 1. The van der Waals surface area contributed by atoms with Gasteiger partial charge in [-0.1, -0.05) is 38.4 Å². The van der Waals surface area contributed by atoms with Gasteiger partial charge in [0.05, 0.1) is 37.1 Å². The molecule has 17 heteroatoms. The van der Waals surface area contributed by atoms with Gasteiger partial charge in [-0.05, 0) is 50.7 Å². The summed E-state index contributed by atoms with van der Waals surface area (Å²) in [4.78, 5) is 65.8. The highest BCUT2D eigenvalue weighted by molar-refractivity contribution is 7.14. The monoisotopic (exact) mass is 838 g/mol. The molecule has 3 amide bonds. The molecule has 5 heterocycles. The Bertz CT molecular complexity index is 2090. The van der Waals surface area contributed by atoms with Crippen molar-refractivity contribution in [3.63, 3.8) is 0 Å². The van der Waals surface area contributed by atoms with Crippen LogP contribution in [0.4, 0.5) is 9.93 Å². The minimum atomic E-state index is -1.54. The van der Waals surface area contributed by atoms with Crippen LogP contribution in [0.1, 0.15) is 73.1 Å². The molecule has 58 heavy (non-hydrogen) atoms. The average Bonchev–Trinajstić information content (AvgIpc) is 3.42. The molecule has 0 radical (unpaired) electrons. The van der Waals surface area contributed by atoms with E-state index < -0.39 is 58.9 Å². The maximum Gasteiger partial charge on any atom is 0.408 e. The molecule has 0 unspecified atom stereocenters. The molecule has 15 nitrogen and oxygen atoms in total. The number of aromatic nitrogens is 2. The number of nitrogens with one attached hydrogen (secondary N) is 3. The number of alkyl carbamates (subject to hydrolysis) is 1. The molecule has 3 aliphatic heterocycles. The van der Waals surface area contributed by atoms with E-state index in [2.05, 4.69) is 22.5 Å². The van der Waals surface area contributed by atoms with Crippen molar-refractivity contribution in [2.24, 2.45) is 11.3 Å². The average molecular weight is 839 g/mol. The van der Waals surface area contributed by atoms with E-state index in [9.17, 15) is 24.3 Å². The van der Waals surface area contributed by atoms with Crippen LogP contribution in [0.5, 0.6) is 11.5 Å². The van der Waals surface area contributed by atoms with Crippen molar-refractivity contribution >= 4 is 62.8 Å². The summed E-state index contributed by atoms with van der Waals surface area (Å²) >= 11 is 8.25. The molecule has 7 rings (SSSR count). The van der Waals surface area contributed by atoms with Crippen molar-refractivity contribution < 1.29 is 43.2 Å². The summed E-state index contributed by atoms with van der Waals surface area (Å²) in [6, 6.07) is 3.12. The molecule has 4 fully saturated rings. The van der Waals surface area contributed by atoms with Crippen LogP contribution < -0.4 is 25.4 Å². The van der Waals surface area contributed by atoms with Crippen LogP contribution in [-0.4, -0.2) is 106 Å². The number of hydrogen-bond acceptors (Lipinski definition) is 12. The summed E-state index contributed by atoms with van der Waals surface area (Å²) in [6.07, 6.45) is 2.97. The molecule has 0 spiro atoms. The summed E-state index contributed by atoms with van der Waals surface area (Å²) in [5, 5.41) is 22.4. The summed E-state index contributed by atoms with van der Waals surface area (Å²) in [7, 11) is 1.51. The van der Waals surface area contributed by atoms with Crippen molar-refractivity contribution in [3.8, 4) is 22.9 Å². The maximum atomic E-state index is 14.7. The van der Waals surface area contributed by atoms with E-state index in [0.29, 0.717) is 51.8 Å². The Hall–Kier alpha value is -4.67. The number of amides is 3. The van der Waals surface area contributed by atoms with Crippen LogP contribution in [0.2, 0.25) is 5.02 Å². The third kappa shape index (κ3) is 8.41. The molecule has 1 saturated carbocycles. The Morgan fingerprint density at radius 1 is 1.09 bits per heavy atom. The second-order valence-electron chi connectivity index (χ2n) is 17.0. The number of aliphatic carboxylic acids is 1. The second kappa shape index (κ2) is 16.2. The standard InChI is InChI=1S/C41H51ClN6O9S/c1-8-21-17-41(21,37(51)52)47-35(49)29-15-25(18-48(29)36(50)34(40(4,5)6)46-39(53)57-24-13-22-9-10-23(14-24)55-22)56-31-16-27(28-19-58-38(45-28)43-20(2)3)44-33-26(31)11-12-30(54-7)32(33)42/h8,11-12,16,19-25,29,34H,1,9-10,13-15,17-18H2,2-7H3,(H,43,45)(H,46,53)(H,47,49)(H,51,52)/t21-,22-,23+,24-,25-,29+,34-,41-/m1/s1. The van der Waals surface area contributed by atoms with Crippen molar-refractivity contribution in [1.82, 2.24) is 25.5 Å². The number of thiazole rings is 1. The number of halogens is 1. The van der Waals surface area contributed by atoms with Gasteiger partial charge in [0.2, 0.25) is 11.8 Å². The fraction of sp³-hybridized carbons (Fsp3) is 0.561. The van der Waals surface area contributed by atoms with E-state index in [-0.39, 0.29) is 48.8 Å². The first-order chi connectivity index (χ1) is 27.5. The third-order valence-electron chi connectivity index (χ3n) is 11.3. The molecule has 1 aromatic carbocycles. The number of nitrogens with zero attached hydrogens (tertiary/aromatic N) is 3. The van der Waals surface area contributed by atoms with Crippen molar-refractivity contribution in [1.29, 1.82) is 0 Å². The van der Waals surface area contributed by atoms with Gasteiger partial charge in [0, 0.05) is 48.1 Å². The Balaban J connectivity index is 1.20. The minimum Gasteiger partial charge on any atom is -0.495 e. The predicted octanol–water partition coefficient (Wildman–Crippen LogP) is 6.19. The van der Waals surface area contributed by atoms with Crippen molar-refractivity contribution in [3.05, 3.63) is 41.3 Å². The Morgan fingerprint density at radius 3 is 2.43 bits per heavy atom. The summed E-state index contributed by atoms with van der Waals surface area (Å²) in [6.45, 7) is 13.1. The highest BCUT2D eigenvalue weighted by Crippen LogP contribution is 2.45. The van der Waals surface area contributed by atoms with Crippen molar-refractivity contribution in [2.45, 2.75) is 121 Å². The summed E-state index contributed by atoms with van der Waals surface area (Å²) in [5.74, 6) is -2.07. The molecule has 1 aliphatic carbocycles. The number of carboxylic acid groups (broad SMARTS) is 1. The van der Waals surface area contributed by atoms with Crippen LogP contribution >= 0.6 is 22.9 Å². The van der Waals surface area contributed by atoms with E-state index in [4.69, 9.17) is 40.5 Å². The number of fused-ring (bicyclic) bond motifs is 3. The minimum absolute atomic E-state index is 0.0143. The van der Waals surface area contributed by atoms with E-state index >= 15 is 0 Å². The topological polar surface area (TPSA) is 191 Å². The van der Waals surface area contributed by atoms with Crippen LogP contribution in [0.25, 0.3) is 22.3 Å². The number of pyridine rings is 1. The maximum absolute atomic E-state index is 14.7. The van der Waals surface area contributed by atoms with Gasteiger partial charge in [-0.25, -0.2) is 19.6 Å². The van der Waals surface area contributed by atoms with Crippen LogP contribution in [0.3, 0.4) is 0 Å². The fourth-order valence-electron chi connectivity index (χ4n) is 8.20. The molecule has 8 atom stereocenters. The third-order valence-corrected chi connectivity index (χ3v) is 12.4. The smallest absolute Gasteiger partial charge is 0.408 e. The molecule has 4 aliphatic rings. The van der Waals surface area contributed by atoms with Gasteiger partial charge in [-0.3, -0.25) is 9.59 Å². The number of likely N-dealkylation sites (tertiary alicyclic amines) is 1. The predicted molar refractivity (Wildman–Crippen MR) is 218 cm³/mol. The van der Waals surface area contributed by atoms with Crippen LogP contribution in [-0.2, 0) is 23.9 Å². The molecule has 3 aromatic rings. The van der Waals surface area contributed by atoms with Gasteiger partial charge >= 0.3 is 12.1 Å². The number of anilines is 1. The van der Waals surface area contributed by atoms with Gasteiger partial charge in [-0.2, -0.15) is 0 Å². The zero-order valence-corrected chi connectivity index (χ0v) is 35.1. The van der Waals surface area contributed by atoms with Gasteiger partial charge < -0.3 is 44.9 Å². The molecule has 3 saturated heterocycles. The van der Waals surface area contributed by atoms with Crippen LogP contribution in [0, 0.1) is 11.3 Å². The van der Waals surface area contributed by atoms with Gasteiger partial charge in [0.15, 0.2) is 5.13 Å². The summed E-state index contributed by atoms with van der Waals surface area (Å²) in [5.41, 5.74) is -0.893. The normalized spacial score (nSPS) is 26.9. The first-order valence-corrected chi connectivity index (χ1v) is 20.9.